The lowest BCUT2D eigenvalue weighted by atomic mass is 9.85. The van der Waals surface area contributed by atoms with Crippen molar-refractivity contribution in [2.75, 3.05) is 13.2 Å². The molecule has 0 spiro atoms. The number of phosphoric acid groups is 2. The molecule has 1 fully saturated rings. The number of carbonyl (C=O) groups is 2. The van der Waals surface area contributed by atoms with Gasteiger partial charge in [0, 0.05) is 12.8 Å². The predicted octanol–water partition coefficient (Wildman–Crippen LogP) is 8.34. The fourth-order valence-corrected chi connectivity index (χ4v) is 8.92. The molecule has 0 aromatic heterocycles. The van der Waals surface area contributed by atoms with Crippen molar-refractivity contribution in [1.82, 2.24) is 0 Å². The van der Waals surface area contributed by atoms with Crippen molar-refractivity contribution in [3.05, 3.63) is 72.9 Å². The van der Waals surface area contributed by atoms with Gasteiger partial charge in [0.2, 0.25) is 0 Å². The lowest BCUT2D eigenvalue weighted by Gasteiger charge is -2.43. The molecule has 0 aliphatic heterocycles. The van der Waals surface area contributed by atoms with E-state index in [9.17, 15) is 64.0 Å². The van der Waals surface area contributed by atoms with E-state index < -0.39 is 95.7 Å². The molecule has 0 radical (unpaired) electrons. The van der Waals surface area contributed by atoms with Crippen LogP contribution in [-0.2, 0) is 41.8 Å². The van der Waals surface area contributed by atoms with Crippen LogP contribution in [0.5, 0.6) is 0 Å². The lowest BCUT2D eigenvalue weighted by molar-refractivity contribution is -0.216. The number of rotatable bonds is 42. The van der Waals surface area contributed by atoms with E-state index in [4.69, 9.17) is 18.5 Å². The molecule has 0 aromatic rings. The van der Waals surface area contributed by atoms with Crippen molar-refractivity contribution in [2.45, 2.75) is 223 Å². The highest BCUT2D eigenvalue weighted by Crippen LogP contribution is 2.49. The predicted molar refractivity (Wildman–Crippen MR) is 271 cm³/mol. The maximum Gasteiger partial charge on any atom is 0.472 e. The van der Waals surface area contributed by atoms with E-state index in [1.807, 2.05) is 18.2 Å². The molecule has 1 saturated carbocycles. The zero-order chi connectivity index (χ0) is 52.8. The Hall–Kier alpha value is -2.64. The molecule has 1 aliphatic carbocycles. The fraction of sp³-hybridized carbons (Fsp3) is 0.725. The average Bonchev–Trinajstić information content (AvgIpc) is 3.32. The average molecular weight is 1050 g/mol. The van der Waals surface area contributed by atoms with Crippen LogP contribution in [0.3, 0.4) is 0 Å². The summed E-state index contributed by atoms with van der Waals surface area (Å²) in [6, 6.07) is 0. The first-order valence-electron chi connectivity index (χ1n) is 25.6. The SMILES string of the molecule is CC/C=C\C/C=C\C/C=C\C/C=C\C[C@H](O)[C@@H](O)CCCC(=O)OC[C@H](COP(=O)(O)O[C@H]1C(O)C(O)C(O)[C@@H](OP(=O)(O)O)C1O)OC(=O)CCCCCCCCCCC/C=C\C/C=C\CCCCC. The Morgan fingerprint density at radius 1 is 0.521 bits per heavy atom. The van der Waals surface area contributed by atoms with Crippen LogP contribution < -0.4 is 0 Å². The van der Waals surface area contributed by atoms with Crippen molar-refractivity contribution in [1.29, 1.82) is 0 Å². The third kappa shape index (κ3) is 34.5. The van der Waals surface area contributed by atoms with E-state index >= 15 is 0 Å². The molecular weight excluding hydrogens is 962 g/mol. The van der Waals surface area contributed by atoms with Crippen LogP contribution in [-0.4, -0.2) is 125 Å². The highest BCUT2D eigenvalue weighted by atomic mass is 31.2. The number of aliphatic hydroxyl groups is 6. The van der Waals surface area contributed by atoms with Gasteiger partial charge < -0.3 is 54.8 Å². The van der Waals surface area contributed by atoms with Gasteiger partial charge in [-0.25, -0.2) is 9.13 Å². The van der Waals surface area contributed by atoms with Crippen molar-refractivity contribution in [3.8, 4) is 0 Å². The third-order valence-corrected chi connectivity index (χ3v) is 13.0. The Balaban J connectivity index is 2.65. The number of hydrogen-bond acceptors (Lipinski definition) is 15. The molecule has 0 bridgehead atoms. The van der Waals surface area contributed by atoms with Crippen LogP contribution in [0.4, 0.5) is 0 Å². The van der Waals surface area contributed by atoms with Gasteiger partial charge in [-0.3, -0.25) is 23.2 Å². The second kappa shape index (κ2) is 40.7. The van der Waals surface area contributed by atoms with Crippen molar-refractivity contribution in [2.24, 2.45) is 0 Å². The zero-order valence-corrected chi connectivity index (χ0v) is 43.9. The first-order valence-corrected chi connectivity index (χ1v) is 28.7. The quantitative estimate of drug-likeness (QED) is 0.0120. The first kappa shape index (κ1) is 66.4. The van der Waals surface area contributed by atoms with Crippen molar-refractivity contribution < 1.29 is 87.1 Å². The molecule has 9 N–H and O–H groups in total. The normalized spacial score (nSPS) is 22.4. The van der Waals surface area contributed by atoms with Crippen molar-refractivity contribution in [3.63, 3.8) is 0 Å². The Morgan fingerprint density at radius 2 is 1.00 bits per heavy atom. The van der Waals surface area contributed by atoms with Crippen LogP contribution in [0.25, 0.3) is 0 Å². The molecule has 71 heavy (non-hydrogen) atoms. The van der Waals surface area contributed by atoms with Gasteiger partial charge in [0.25, 0.3) is 0 Å². The Bertz CT molecular complexity index is 1680. The molecule has 5 unspecified atom stereocenters. The van der Waals surface area contributed by atoms with E-state index in [0.29, 0.717) is 12.8 Å². The second-order valence-electron chi connectivity index (χ2n) is 17.8. The van der Waals surface area contributed by atoms with E-state index in [1.54, 1.807) is 6.08 Å². The molecule has 10 atom stereocenters. The summed E-state index contributed by atoms with van der Waals surface area (Å²) >= 11 is 0. The van der Waals surface area contributed by atoms with E-state index in [1.165, 1.54) is 25.7 Å². The van der Waals surface area contributed by atoms with Gasteiger partial charge in [-0.15, -0.1) is 0 Å². The molecular formula is C51H88O18P2. The zero-order valence-electron chi connectivity index (χ0n) is 42.1. The number of unbranched alkanes of at least 4 members (excludes halogenated alkanes) is 12. The summed E-state index contributed by atoms with van der Waals surface area (Å²) in [5.41, 5.74) is 0. The second-order valence-corrected chi connectivity index (χ2v) is 20.4. The monoisotopic (exact) mass is 1050 g/mol. The standard InChI is InChI=1S/C51H88O18P2/c1-3-5-7-9-11-13-15-17-18-19-20-21-22-23-25-27-29-31-33-37-45(55)67-41(40-66-71(63,64)69-51-48(58)46(56)47(57)50(49(51)59)68-70(60,61)62)39-65-44(54)38-34-36-43(53)42(52)35-32-30-28-26-24-16-14-12-10-8-6-4-2/h6,8,11-14,17-18,24,26,30,32,41-43,46-53,56-59H,3-5,7,9-10,15-16,19-23,25,27-29,31,33-40H2,1-2H3,(H,63,64)(H2,60,61,62)/b8-6-,13-11-,14-12-,18-17-,26-24-,32-30-/t41-,42+,43+,46?,47?,48?,49?,50-,51+/m1/s1. The Morgan fingerprint density at radius 3 is 1.55 bits per heavy atom. The molecule has 0 aromatic carbocycles. The molecule has 1 aliphatic rings. The molecule has 20 heteroatoms. The van der Waals surface area contributed by atoms with Crippen LogP contribution in [0, 0.1) is 0 Å². The summed E-state index contributed by atoms with van der Waals surface area (Å²) in [4.78, 5) is 54.5. The summed E-state index contributed by atoms with van der Waals surface area (Å²) in [6.45, 7) is 2.73. The minimum Gasteiger partial charge on any atom is -0.462 e. The minimum atomic E-state index is -5.40. The van der Waals surface area contributed by atoms with E-state index in [0.717, 1.165) is 83.5 Å². The number of carbonyl (C=O) groups excluding carboxylic acids is 2. The van der Waals surface area contributed by atoms with E-state index in [-0.39, 0.29) is 32.1 Å². The van der Waals surface area contributed by atoms with Gasteiger partial charge in [0.15, 0.2) is 6.10 Å². The fourth-order valence-electron chi connectivity index (χ4n) is 7.38. The summed E-state index contributed by atoms with van der Waals surface area (Å²) in [5, 5.41) is 62.1. The first-order chi connectivity index (χ1) is 33.9. The van der Waals surface area contributed by atoms with Gasteiger partial charge in [0.1, 0.15) is 43.2 Å². The number of aliphatic hydroxyl groups excluding tert-OH is 6. The molecule has 1 rings (SSSR count). The topological polar surface area (TPSA) is 296 Å². The van der Waals surface area contributed by atoms with Gasteiger partial charge >= 0.3 is 27.6 Å². The summed E-state index contributed by atoms with van der Waals surface area (Å²) < 4.78 is 49.3. The number of ether oxygens (including phenoxy) is 2. The summed E-state index contributed by atoms with van der Waals surface area (Å²) in [7, 11) is -10.8. The number of allylic oxidation sites excluding steroid dienone is 11. The largest absolute Gasteiger partial charge is 0.472 e. The molecule has 0 saturated heterocycles. The number of esters is 2. The van der Waals surface area contributed by atoms with Gasteiger partial charge in [0.05, 0.1) is 18.8 Å². The molecule has 0 heterocycles. The van der Waals surface area contributed by atoms with Gasteiger partial charge in [-0.2, -0.15) is 0 Å². The molecule has 18 nitrogen and oxygen atoms in total. The molecule has 410 valence electrons. The highest BCUT2D eigenvalue weighted by molar-refractivity contribution is 7.47. The highest BCUT2D eigenvalue weighted by Gasteiger charge is 2.54. The third-order valence-electron chi connectivity index (χ3n) is 11.5. The van der Waals surface area contributed by atoms with Crippen LogP contribution in [0.1, 0.15) is 168 Å². The van der Waals surface area contributed by atoms with E-state index in [2.05, 4.69) is 67.0 Å². The molecule has 0 amide bonds. The number of hydrogen-bond donors (Lipinski definition) is 9. The number of phosphoric ester groups is 2. The maximum atomic E-state index is 13.0. The maximum absolute atomic E-state index is 13.0. The van der Waals surface area contributed by atoms with Gasteiger partial charge in [-0.1, -0.05) is 145 Å². The van der Waals surface area contributed by atoms with Crippen LogP contribution in [0.2, 0.25) is 0 Å². The summed E-state index contributed by atoms with van der Waals surface area (Å²) in [5.74, 6) is -1.50. The van der Waals surface area contributed by atoms with Crippen LogP contribution in [0.15, 0.2) is 72.9 Å². The van der Waals surface area contributed by atoms with Crippen LogP contribution >= 0.6 is 15.6 Å². The van der Waals surface area contributed by atoms with Crippen molar-refractivity contribution >= 4 is 27.6 Å². The Kier molecular flexibility index (Phi) is 38.1. The lowest BCUT2D eigenvalue weighted by Crippen LogP contribution is -2.64. The minimum absolute atomic E-state index is 0.0251. The summed E-state index contributed by atoms with van der Waals surface area (Å²) in [6.07, 6.45) is 27.1. The van der Waals surface area contributed by atoms with Gasteiger partial charge in [-0.05, 0) is 83.5 Å². The Labute approximate surface area is 422 Å². The smallest absolute Gasteiger partial charge is 0.462 e.